The molecule has 2 aromatic rings. The molecule has 0 spiro atoms. The summed E-state index contributed by atoms with van der Waals surface area (Å²) in [5.74, 6) is -0.173. The highest BCUT2D eigenvalue weighted by Crippen LogP contribution is 2.35. The average molecular weight is 368 g/mol. The molecule has 6 nitrogen and oxygen atoms in total. The first-order chi connectivity index (χ1) is 13.0. The molecule has 0 radical (unpaired) electrons. The van der Waals surface area contributed by atoms with Crippen molar-refractivity contribution >= 4 is 17.6 Å². The van der Waals surface area contributed by atoms with Gasteiger partial charge in [-0.25, -0.2) is 0 Å². The third-order valence-corrected chi connectivity index (χ3v) is 5.19. The highest BCUT2D eigenvalue weighted by atomic mass is 16.5. The predicted octanol–water partition coefficient (Wildman–Crippen LogP) is 2.75. The van der Waals surface area contributed by atoms with Crippen LogP contribution in [-0.4, -0.2) is 48.6 Å². The summed E-state index contributed by atoms with van der Waals surface area (Å²) in [4.78, 5) is 26.3. The van der Waals surface area contributed by atoms with E-state index in [1.54, 1.807) is 31.4 Å². The van der Waals surface area contributed by atoms with Crippen LogP contribution in [0.1, 0.15) is 18.4 Å². The first-order valence-corrected chi connectivity index (χ1v) is 8.99. The molecule has 27 heavy (non-hydrogen) atoms. The molecular formula is C21H24N2O4. The highest BCUT2D eigenvalue weighted by molar-refractivity contribution is 5.92. The fraction of sp³-hybridized carbons (Fsp3) is 0.333. The summed E-state index contributed by atoms with van der Waals surface area (Å²) < 4.78 is 5.10. The third kappa shape index (κ3) is 4.28. The maximum absolute atomic E-state index is 12.3. The van der Waals surface area contributed by atoms with E-state index in [9.17, 15) is 14.7 Å². The Labute approximate surface area is 158 Å². The number of carboxylic acids is 1. The largest absolute Gasteiger partial charge is 0.497 e. The molecule has 1 aliphatic heterocycles. The number of carboxylic acid groups (broad SMARTS) is 1. The number of anilines is 1. The molecule has 2 N–H and O–H groups in total. The number of benzene rings is 2. The van der Waals surface area contributed by atoms with Crippen molar-refractivity contribution in [1.29, 1.82) is 0 Å². The summed E-state index contributed by atoms with van der Waals surface area (Å²) >= 11 is 0. The summed E-state index contributed by atoms with van der Waals surface area (Å²) in [6, 6.07) is 16.5. The number of nitrogens with one attached hydrogen (secondary N) is 1. The fourth-order valence-corrected chi connectivity index (χ4v) is 3.55. The maximum Gasteiger partial charge on any atom is 0.314 e. The topological polar surface area (TPSA) is 78.9 Å². The molecule has 0 atom stereocenters. The number of carbonyl (C=O) groups is 2. The number of piperidine rings is 1. The number of ether oxygens (including phenoxy) is 1. The van der Waals surface area contributed by atoms with Crippen molar-refractivity contribution in [3.05, 3.63) is 60.2 Å². The van der Waals surface area contributed by atoms with Crippen LogP contribution in [0.15, 0.2) is 54.6 Å². The monoisotopic (exact) mass is 368 g/mol. The summed E-state index contributed by atoms with van der Waals surface area (Å²) in [6.07, 6.45) is 0.977. The average Bonchev–Trinajstić information content (AvgIpc) is 2.69. The van der Waals surface area contributed by atoms with Gasteiger partial charge in [-0.1, -0.05) is 30.3 Å². The second kappa shape index (κ2) is 8.22. The molecule has 0 aromatic heterocycles. The van der Waals surface area contributed by atoms with Gasteiger partial charge >= 0.3 is 5.97 Å². The van der Waals surface area contributed by atoms with Gasteiger partial charge in [0.15, 0.2) is 0 Å². The molecule has 1 heterocycles. The van der Waals surface area contributed by atoms with Crippen LogP contribution < -0.4 is 10.1 Å². The normalized spacial score (nSPS) is 16.5. The molecule has 0 saturated carbocycles. The van der Waals surface area contributed by atoms with Gasteiger partial charge in [-0.2, -0.15) is 0 Å². The van der Waals surface area contributed by atoms with Crippen molar-refractivity contribution < 1.29 is 19.4 Å². The molecule has 2 aromatic carbocycles. The van der Waals surface area contributed by atoms with Gasteiger partial charge in [-0.15, -0.1) is 0 Å². The summed E-state index contributed by atoms with van der Waals surface area (Å²) in [5, 5.41) is 12.7. The van der Waals surface area contributed by atoms with Crippen LogP contribution in [0.4, 0.5) is 5.69 Å². The van der Waals surface area contributed by atoms with Gasteiger partial charge in [0, 0.05) is 18.8 Å². The lowest BCUT2D eigenvalue weighted by Gasteiger charge is -2.39. The second-order valence-corrected chi connectivity index (χ2v) is 6.81. The number of carbonyl (C=O) groups excluding carboxylic acids is 1. The number of nitrogens with zero attached hydrogens (tertiary/aromatic N) is 1. The number of hydrogen-bond acceptors (Lipinski definition) is 4. The van der Waals surface area contributed by atoms with Gasteiger partial charge in [0.2, 0.25) is 5.91 Å². The Bertz CT molecular complexity index is 782. The van der Waals surface area contributed by atoms with Crippen molar-refractivity contribution in [1.82, 2.24) is 4.90 Å². The van der Waals surface area contributed by atoms with Crippen LogP contribution in [0.3, 0.4) is 0 Å². The SMILES string of the molecule is COc1ccc(NC(=O)CN2CCC(C(=O)O)(c3ccccc3)CC2)cc1. The molecule has 1 fully saturated rings. The molecule has 0 unspecified atom stereocenters. The van der Waals surface area contributed by atoms with Crippen molar-refractivity contribution in [2.75, 3.05) is 32.1 Å². The van der Waals surface area contributed by atoms with E-state index >= 15 is 0 Å². The van der Waals surface area contributed by atoms with Crippen LogP contribution in [0.25, 0.3) is 0 Å². The Morgan fingerprint density at radius 2 is 1.70 bits per heavy atom. The van der Waals surface area contributed by atoms with E-state index in [1.807, 2.05) is 35.2 Å². The van der Waals surface area contributed by atoms with E-state index in [0.29, 0.717) is 31.6 Å². The first kappa shape index (κ1) is 18.9. The Balaban J connectivity index is 1.58. The number of amides is 1. The lowest BCUT2D eigenvalue weighted by atomic mass is 9.73. The molecule has 1 aliphatic rings. The van der Waals surface area contributed by atoms with Crippen molar-refractivity contribution in [3.8, 4) is 5.75 Å². The lowest BCUT2D eigenvalue weighted by Crippen LogP contribution is -2.49. The fourth-order valence-electron chi connectivity index (χ4n) is 3.55. The Morgan fingerprint density at radius 3 is 2.26 bits per heavy atom. The number of hydrogen-bond donors (Lipinski definition) is 2. The highest BCUT2D eigenvalue weighted by Gasteiger charge is 2.43. The van der Waals surface area contributed by atoms with Crippen LogP contribution in [-0.2, 0) is 15.0 Å². The Kier molecular flexibility index (Phi) is 5.76. The smallest absolute Gasteiger partial charge is 0.314 e. The van der Waals surface area contributed by atoms with Crippen LogP contribution in [0.2, 0.25) is 0 Å². The number of rotatable bonds is 6. The zero-order chi connectivity index (χ0) is 19.3. The van der Waals surface area contributed by atoms with Gasteiger partial charge in [-0.05, 0) is 42.7 Å². The van der Waals surface area contributed by atoms with Crippen molar-refractivity contribution in [3.63, 3.8) is 0 Å². The molecular weight excluding hydrogens is 344 g/mol. The zero-order valence-electron chi connectivity index (χ0n) is 15.4. The summed E-state index contributed by atoms with van der Waals surface area (Å²) in [6.45, 7) is 1.38. The molecule has 1 amide bonds. The number of aliphatic carboxylic acids is 1. The molecule has 0 bridgehead atoms. The number of methoxy groups -OCH3 is 1. The predicted molar refractivity (Wildman–Crippen MR) is 103 cm³/mol. The minimum Gasteiger partial charge on any atom is -0.497 e. The quantitative estimate of drug-likeness (QED) is 0.820. The molecule has 0 aliphatic carbocycles. The van der Waals surface area contributed by atoms with Crippen molar-refractivity contribution in [2.45, 2.75) is 18.3 Å². The Morgan fingerprint density at radius 1 is 1.07 bits per heavy atom. The summed E-state index contributed by atoms with van der Waals surface area (Å²) in [7, 11) is 1.59. The summed E-state index contributed by atoms with van der Waals surface area (Å²) in [5.41, 5.74) is 0.673. The third-order valence-electron chi connectivity index (χ3n) is 5.19. The van der Waals surface area contributed by atoms with Gasteiger partial charge in [-0.3, -0.25) is 14.5 Å². The Hall–Kier alpha value is -2.86. The number of likely N-dealkylation sites (tertiary alicyclic amines) is 1. The van der Waals surface area contributed by atoms with Crippen LogP contribution in [0.5, 0.6) is 5.75 Å². The van der Waals surface area contributed by atoms with Gasteiger partial charge in [0.1, 0.15) is 5.75 Å². The van der Waals surface area contributed by atoms with E-state index in [1.165, 1.54) is 0 Å². The minimum atomic E-state index is -0.871. The first-order valence-electron chi connectivity index (χ1n) is 8.99. The van der Waals surface area contributed by atoms with Gasteiger partial charge < -0.3 is 15.2 Å². The molecule has 6 heteroatoms. The molecule has 1 saturated heterocycles. The second-order valence-electron chi connectivity index (χ2n) is 6.81. The van der Waals surface area contributed by atoms with Crippen LogP contribution >= 0.6 is 0 Å². The lowest BCUT2D eigenvalue weighted by molar-refractivity contribution is -0.146. The van der Waals surface area contributed by atoms with Crippen molar-refractivity contribution in [2.24, 2.45) is 0 Å². The van der Waals surface area contributed by atoms with E-state index in [-0.39, 0.29) is 12.5 Å². The molecule has 3 rings (SSSR count). The van der Waals surface area contributed by atoms with E-state index in [0.717, 1.165) is 11.3 Å². The maximum atomic E-state index is 12.3. The van der Waals surface area contributed by atoms with Gasteiger partial charge in [0.25, 0.3) is 0 Å². The zero-order valence-corrected chi connectivity index (χ0v) is 15.4. The van der Waals surface area contributed by atoms with E-state index in [4.69, 9.17) is 4.74 Å². The minimum absolute atomic E-state index is 0.109. The van der Waals surface area contributed by atoms with E-state index in [2.05, 4.69) is 5.32 Å². The standard InChI is InChI=1S/C21H24N2O4/c1-27-18-9-7-17(8-10-18)22-19(24)15-23-13-11-21(12-14-23,20(25)26)16-5-3-2-4-6-16/h2-10H,11-15H2,1H3,(H,22,24)(H,25,26). The van der Waals surface area contributed by atoms with E-state index < -0.39 is 11.4 Å². The molecule has 142 valence electrons. The van der Waals surface area contributed by atoms with Gasteiger partial charge in [0.05, 0.1) is 19.1 Å². The van der Waals surface area contributed by atoms with Crippen LogP contribution in [0, 0.1) is 0 Å².